The quantitative estimate of drug-likeness (QED) is 0.376. The molecule has 2 aromatic carbocycles. The van der Waals surface area contributed by atoms with Gasteiger partial charge in [-0.3, -0.25) is 9.52 Å². The Morgan fingerprint density at radius 3 is 2.24 bits per heavy atom. The van der Waals surface area contributed by atoms with E-state index in [1.807, 2.05) is 13.8 Å². The molecule has 5 nitrogen and oxygen atoms in total. The highest BCUT2D eigenvalue weighted by atomic mass is 32.2. The van der Waals surface area contributed by atoms with Gasteiger partial charge in [-0.15, -0.1) is 0 Å². The lowest BCUT2D eigenvalue weighted by Gasteiger charge is -2.13. The fraction of sp³-hybridized carbons (Fsp3) is 0.348. The third kappa shape index (κ3) is 8.44. The van der Waals surface area contributed by atoms with Gasteiger partial charge in [-0.2, -0.15) is 13.2 Å². The fourth-order valence-corrected chi connectivity index (χ4v) is 3.73. The standard InChI is InChI=1S/C23H25F5N2O3S/c1-14(2)10-17-13-18(23(26,27)28)6-4-16(17)5-7-21(31)29-9-8-15-11-19(24)22(20(25)12-15)30-34(3,32)33/h4-7,11-14,30H,8-10H2,1-3H3,(H,29,31). The molecule has 0 radical (unpaired) electrons. The second-order valence-electron chi connectivity index (χ2n) is 8.19. The molecule has 0 bridgehead atoms. The van der Waals surface area contributed by atoms with Crippen LogP contribution in [-0.4, -0.2) is 27.1 Å². The lowest BCUT2D eigenvalue weighted by Crippen LogP contribution is -2.23. The van der Waals surface area contributed by atoms with Crippen molar-refractivity contribution in [2.45, 2.75) is 32.9 Å². The topological polar surface area (TPSA) is 75.3 Å². The highest BCUT2D eigenvalue weighted by Crippen LogP contribution is 2.31. The van der Waals surface area contributed by atoms with Crippen molar-refractivity contribution in [1.29, 1.82) is 0 Å². The fourth-order valence-electron chi connectivity index (χ4n) is 3.17. The maximum Gasteiger partial charge on any atom is 0.416 e. The van der Waals surface area contributed by atoms with Crippen LogP contribution in [0, 0.1) is 17.6 Å². The number of hydrogen-bond acceptors (Lipinski definition) is 3. The number of anilines is 1. The average Bonchev–Trinajstić information content (AvgIpc) is 2.68. The summed E-state index contributed by atoms with van der Waals surface area (Å²) in [5, 5.41) is 2.53. The maximum absolute atomic E-state index is 14.0. The summed E-state index contributed by atoms with van der Waals surface area (Å²) in [5.41, 5.74) is -0.410. The Balaban J connectivity index is 2.04. The molecule has 0 saturated carbocycles. The molecule has 0 unspecified atom stereocenters. The molecule has 0 saturated heterocycles. The van der Waals surface area contributed by atoms with E-state index < -0.39 is 45.0 Å². The van der Waals surface area contributed by atoms with Crippen molar-refractivity contribution in [1.82, 2.24) is 5.32 Å². The molecule has 11 heteroatoms. The van der Waals surface area contributed by atoms with E-state index in [-0.39, 0.29) is 24.4 Å². The summed E-state index contributed by atoms with van der Waals surface area (Å²) >= 11 is 0. The van der Waals surface area contributed by atoms with Gasteiger partial charge in [-0.1, -0.05) is 19.9 Å². The first kappa shape index (κ1) is 27.3. The van der Waals surface area contributed by atoms with Crippen molar-refractivity contribution in [3.8, 4) is 0 Å². The lowest BCUT2D eigenvalue weighted by atomic mass is 9.95. The van der Waals surface area contributed by atoms with Gasteiger partial charge >= 0.3 is 6.18 Å². The number of rotatable bonds is 9. The van der Waals surface area contributed by atoms with Crippen molar-refractivity contribution in [3.05, 3.63) is 70.3 Å². The van der Waals surface area contributed by atoms with Crippen LogP contribution in [-0.2, 0) is 33.8 Å². The molecule has 186 valence electrons. The Morgan fingerprint density at radius 1 is 1.09 bits per heavy atom. The average molecular weight is 505 g/mol. The predicted octanol–water partition coefficient (Wildman–Crippen LogP) is 4.93. The normalized spacial score (nSPS) is 12.4. The molecule has 0 atom stereocenters. The highest BCUT2D eigenvalue weighted by molar-refractivity contribution is 7.92. The van der Waals surface area contributed by atoms with Crippen molar-refractivity contribution in [3.63, 3.8) is 0 Å². The Hall–Kier alpha value is -2.95. The van der Waals surface area contributed by atoms with E-state index in [1.165, 1.54) is 18.2 Å². The zero-order chi connectivity index (χ0) is 25.7. The van der Waals surface area contributed by atoms with Crippen LogP contribution in [0.1, 0.15) is 36.1 Å². The van der Waals surface area contributed by atoms with Crippen LogP contribution in [0.4, 0.5) is 27.6 Å². The number of sulfonamides is 1. The molecule has 0 heterocycles. The van der Waals surface area contributed by atoms with E-state index in [0.717, 1.165) is 30.5 Å². The lowest BCUT2D eigenvalue weighted by molar-refractivity contribution is -0.137. The molecule has 1 amide bonds. The molecule has 2 rings (SSSR count). The minimum Gasteiger partial charge on any atom is -0.352 e. The van der Waals surface area contributed by atoms with Gasteiger partial charge in [0.05, 0.1) is 11.8 Å². The zero-order valence-electron chi connectivity index (χ0n) is 18.8. The summed E-state index contributed by atoms with van der Waals surface area (Å²) in [4.78, 5) is 12.1. The number of alkyl halides is 3. The minimum absolute atomic E-state index is 0.0206. The Labute approximate surface area is 195 Å². The van der Waals surface area contributed by atoms with Crippen LogP contribution in [0.3, 0.4) is 0 Å². The first-order valence-corrected chi connectivity index (χ1v) is 12.2. The predicted molar refractivity (Wildman–Crippen MR) is 121 cm³/mol. The van der Waals surface area contributed by atoms with Crippen molar-refractivity contribution in [2.24, 2.45) is 5.92 Å². The molecule has 2 N–H and O–H groups in total. The molecule has 0 aliphatic carbocycles. The van der Waals surface area contributed by atoms with Gasteiger partial charge < -0.3 is 5.32 Å². The van der Waals surface area contributed by atoms with E-state index in [4.69, 9.17) is 0 Å². The van der Waals surface area contributed by atoms with E-state index in [0.29, 0.717) is 17.5 Å². The molecule has 0 aliphatic heterocycles. The summed E-state index contributed by atoms with van der Waals surface area (Å²) in [5.74, 6) is -2.62. The molecule has 0 aromatic heterocycles. The number of carbonyl (C=O) groups excluding carboxylic acids is 1. The van der Waals surface area contributed by atoms with Gasteiger partial charge in [0.15, 0.2) is 11.6 Å². The van der Waals surface area contributed by atoms with Gasteiger partial charge in [0.25, 0.3) is 0 Å². The van der Waals surface area contributed by atoms with Gasteiger partial charge in [0, 0.05) is 12.6 Å². The van der Waals surface area contributed by atoms with E-state index in [1.54, 1.807) is 4.72 Å². The van der Waals surface area contributed by atoms with Gasteiger partial charge in [0.1, 0.15) is 5.69 Å². The molecule has 2 aromatic rings. The number of hydrogen-bond donors (Lipinski definition) is 2. The molecule has 34 heavy (non-hydrogen) atoms. The Morgan fingerprint density at radius 2 is 1.71 bits per heavy atom. The third-order valence-corrected chi connectivity index (χ3v) is 5.19. The van der Waals surface area contributed by atoms with Crippen LogP contribution in [0.5, 0.6) is 0 Å². The third-order valence-electron chi connectivity index (χ3n) is 4.61. The SMILES string of the molecule is CC(C)Cc1cc(C(F)(F)F)ccc1C=CC(=O)NCCc1cc(F)c(NS(C)(=O)=O)c(F)c1. The number of benzene rings is 2. The van der Waals surface area contributed by atoms with Crippen LogP contribution < -0.4 is 10.0 Å². The minimum atomic E-state index is -4.47. The van der Waals surface area contributed by atoms with Gasteiger partial charge in [-0.05, 0) is 65.8 Å². The molecule has 0 fully saturated rings. The monoisotopic (exact) mass is 504 g/mol. The van der Waals surface area contributed by atoms with Gasteiger partial charge in [0.2, 0.25) is 15.9 Å². The Bertz CT molecular complexity index is 1150. The van der Waals surface area contributed by atoms with E-state index in [2.05, 4.69) is 5.32 Å². The molecule has 0 aliphatic rings. The van der Waals surface area contributed by atoms with E-state index >= 15 is 0 Å². The highest BCUT2D eigenvalue weighted by Gasteiger charge is 2.30. The maximum atomic E-state index is 14.0. The summed E-state index contributed by atoms with van der Waals surface area (Å²) in [7, 11) is -3.86. The Kier molecular flexibility index (Phi) is 8.82. The first-order valence-electron chi connectivity index (χ1n) is 10.3. The van der Waals surface area contributed by atoms with Crippen LogP contribution in [0.25, 0.3) is 6.08 Å². The summed E-state index contributed by atoms with van der Waals surface area (Å²) in [6, 6.07) is 5.25. The van der Waals surface area contributed by atoms with Crippen molar-refractivity contribution >= 4 is 27.7 Å². The summed E-state index contributed by atoms with van der Waals surface area (Å²) < 4.78 is 91.2. The van der Waals surface area contributed by atoms with Crippen LogP contribution in [0.15, 0.2) is 36.4 Å². The van der Waals surface area contributed by atoms with Gasteiger partial charge in [-0.25, -0.2) is 17.2 Å². The van der Waals surface area contributed by atoms with Crippen molar-refractivity contribution in [2.75, 3.05) is 17.5 Å². The second-order valence-corrected chi connectivity index (χ2v) is 9.94. The van der Waals surface area contributed by atoms with Crippen LogP contribution >= 0.6 is 0 Å². The largest absolute Gasteiger partial charge is 0.416 e. The summed E-state index contributed by atoms with van der Waals surface area (Å²) in [6.45, 7) is 3.76. The number of halogens is 5. The first-order chi connectivity index (χ1) is 15.7. The molecule has 0 spiro atoms. The molecular formula is C23H25F5N2O3S. The zero-order valence-corrected chi connectivity index (χ0v) is 19.6. The number of amides is 1. The van der Waals surface area contributed by atoms with Crippen LogP contribution in [0.2, 0.25) is 0 Å². The van der Waals surface area contributed by atoms with Crippen molar-refractivity contribution < 1.29 is 35.2 Å². The summed E-state index contributed by atoms with van der Waals surface area (Å²) in [6.07, 6.45) is -0.661. The smallest absolute Gasteiger partial charge is 0.352 e. The second kappa shape index (κ2) is 11.0. The number of carbonyl (C=O) groups is 1. The van der Waals surface area contributed by atoms with E-state index in [9.17, 15) is 35.2 Å². The number of nitrogens with one attached hydrogen (secondary N) is 2. The molecular weight excluding hydrogens is 479 g/mol.